The van der Waals surface area contributed by atoms with E-state index in [0.29, 0.717) is 29.9 Å². The van der Waals surface area contributed by atoms with Crippen LogP contribution in [0.25, 0.3) is 0 Å². The third-order valence-electron chi connectivity index (χ3n) is 6.06. The highest BCUT2D eigenvalue weighted by atomic mass is 16.6. The second-order valence-electron chi connectivity index (χ2n) is 10.3. The van der Waals surface area contributed by atoms with E-state index in [0.717, 1.165) is 36.9 Å². The van der Waals surface area contributed by atoms with E-state index in [1.807, 2.05) is 33.8 Å². The molecule has 2 heterocycles. The fourth-order valence-electron chi connectivity index (χ4n) is 4.39. The number of amides is 2. The first kappa shape index (κ1) is 24.0. The highest BCUT2D eigenvalue weighted by Crippen LogP contribution is 2.50. The fourth-order valence-corrected chi connectivity index (χ4v) is 4.39. The van der Waals surface area contributed by atoms with E-state index >= 15 is 0 Å². The van der Waals surface area contributed by atoms with Crippen LogP contribution in [-0.2, 0) is 16.1 Å². The Morgan fingerprint density at radius 2 is 1.85 bits per heavy atom. The first-order chi connectivity index (χ1) is 16.1. The van der Waals surface area contributed by atoms with Gasteiger partial charge in [0.15, 0.2) is 0 Å². The number of aryl methyl sites for hydroxylation is 1. The fraction of sp³-hybridized carbons (Fsp3) is 0.625. The Hall–Kier alpha value is -3.17. The summed E-state index contributed by atoms with van der Waals surface area (Å²) < 4.78 is 12.4. The summed E-state index contributed by atoms with van der Waals surface area (Å²) in [5.41, 5.74) is 1.54. The van der Waals surface area contributed by atoms with Crippen molar-refractivity contribution in [1.29, 1.82) is 0 Å². The summed E-state index contributed by atoms with van der Waals surface area (Å²) in [6.45, 7) is 7.71. The third-order valence-corrected chi connectivity index (χ3v) is 6.06. The number of nitrogens with one attached hydrogen (secondary N) is 2. The molecule has 1 atom stereocenters. The standard InChI is InChI=1S/C24H34N6O4/c1-14-10-17(22(33-5)29-28-14)12-30-13-18(11-25-30)26-21(31)20(27-23(32)34-24(2,3)4)19(15-6-7-15)16-8-9-16/h10-11,13,15-16,19-20H,6-9,12H2,1-5H3,(H,26,31)(H,27,32). The Morgan fingerprint density at radius 1 is 1.18 bits per heavy atom. The Balaban J connectivity index is 1.47. The number of hydrogen-bond donors (Lipinski definition) is 2. The molecule has 1 unspecified atom stereocenters. The lowest BCUT2D eigenvalue weighted by Gasteiger charge is -2.28. The van der Waals surface area contributed by atoms with Crippen molar-refractivity contribution < 1.29 is 19.1 Å². The average Bonchev–Trinajstić information content (AvgIpc) is 3.67. The molecule has 2 aromatic heterocycles. The van der Waals surface area contributed by atoms with Crippen molar-refractivity contribution in [2.45, 2.75) is 71.6 Å². The zero-order valence-electron chi connectivity index (χ0n) is 20.5. The molecule has 2 aromatic rings. The third kappa shape index (κ3) is 6.24. The zero-order chi connectivity index (χ0) is 24.5. The largest absolute Gasteiger partial charge is 0.480 e. The van der Waals surface area contributed by atoms with Gasteiger partial charge in [-0.25, -0.2) is 4.79 Å². The van der Waals surface area contributed by atoms with E-state index in [2.05, 4.69) is 25.9 Å². The van der Waals surface area contributed by atoms with Crippen molar-refractivity contribution in [1.82, 2.24) is 25.3 Å². The molecular formula is C24H34N6O4. The van der Waals surface area contributed by atoms with Crippen molar-refractivity contribution in [3.63, 3.8) is 0 Å². The SMILES string of the molecule is COc1nnc(C)cc1Cn1cc(NC(=O)C(NC(=O)OC(C)(C)C)C(C2CC2)C2CC2)cn1. The highest BCUT2D eigenvalue weighted by Gasteiger charge is 2.48. The van der Waals surface area contributed by atoms with Gasteiger partial charge >= 0.3 is 6.09 Å². The van der Waals surface area contributed by atoms with Gasteiger partial charge in [0, 0.05) is 11.8 Å². The molecule has 2 aliphatic rings. The molecule has 184 valence electrons. The smallest absolute Gasteiger partial charge is 0.408 e. The molecule has 10 heteroatoms. The molecule has 0 saturated heterocycles. The van der Waals surface area contributed by atoms with Crippen LogP contribution in [0.1, 0.15) is 57.7 Å². The van der Waals surface area contributed by atoms with Crippen molar-refractivity contribution in [2.75, 3.05) is 12.4 Å². The molecule has 10 nitrogen and oxygen atoms in total. The Morgan fingerprint density at radius 3 is 2.44 bits per heavy atom. The first-order valence-electron chi connectivity index (χ1n) is 11.8. The summed E-state index contributed by atoms with van der Waals surface area (Å²) in [5, 5.41) is 18.3. The van der Waals surface area contributed by atoms with Gasteiger partial charge in [-0.15, -0.1) is 5.10 Å². The van der Waals surface area contributed by atoms with Crippen LogP contribution in [0.15, 0.2) is 18.5 Å². The van der Waals surface area contributed by atoms with Gasteiger partial charge in [-0.2, -0.15) is 10.2 Å². The Kier molecular flexibility index (Phi) is 6.77. The Bertz CT molecular complexity index is 1030. The lowest BCUT2D eigenvalue weighted by molar-refractivity contribution is -0.120. The quantitative estimate of drug-likeness (QED) is 0.577. The minimum atomic E-state index is -0.648. The number of rotatable bonds is 9. The van der Waals surface area contributed by atoms with E-state index in [9.17, 15) is 9.59 Å². The van der Waals surface area contributed by atoms with Crippen LogP contribution in [0.5, 0.6) is 5.88 Å². The van der Waals surface area contributed by atoms with Gasteiger partial charge in [0.05, 0.1) is 31.2 Å². The molecule has 0 aliphatic heterocycles. The van der Waals surface area contributed by atoms with Crippen LogP contribution >= 0.6 is 0 Å². The molecule has 2 fully saturated rings. The summed E-state index contributed by atoms with van der Waals surface area (Å²) in [7, 11) is 1.55. The molecule has 2 amide bonds. The van der Waals surface area contributed by atoms with Crippen LogP contribution in [0.2, 0.25) is 0 Å². The lowest BCUT2D eigenvalue weighted by Crippen LogP contribution is -2.51. The van der Waals surface area contributed by atoms with Crippen molar-refractivity contribution in [3.8, 4) is 5.88 Å². The lowest BCUT2D eigenvalue weighted by atomic mass is 9.89. The van der Waals surface area contributed by atoms with Gasteiger partial charge in [-0.1, -0.05) is 0 Å². The number of aromatic nitrogens is 4. The van der Waals surface area contributed by atoms with Crippen molar-refractivity contribution in [2.24, 2.45) is 17.8 Å². The minimum absolute atomic E-state index is 0.123. The number of alkyl carbamates (subject to hydrolysis) is 1. The Labute approximate surface area is 199 Å². The monoisotopic (exact) mass is 470 g/mol. The minimum Gasteiger partial charge on any atom is -0.480 e. The van der Waals surface area contributed by atoms with Crippen LogP contribution in [-0.4, -0.2) is 50.7 Å². The topological polar surface area (TPSA) is 120 Å². The summed E-state index contributed by atoms with van der Waals surface area (Å²) in [6.07, 6.45) is 7.17. The van der Waals surface area contributed by atoms with Crippen molar-refractivity contribution in [3.05, 3.63) is 29.7 Å². The van der Waals surface area contributed by atoms with Gasteiger partial charge < -0.3 is 20.1 Å². The highest BCUT2D eigenvalue weighted by molar-refractivity contribution is 5.96. The predicted molar refractivity (Wildman–Crippen MR) is 125 cm³/mol. The molecule has 4 rings (SSSR count). The first-order valence-corrected chi connectivity index (χ1v) is 11.8. The summed E-state index contributed by atoms with van der Waals surface area (Å²) >= 11 is 0. The van der Waals surface area contributed by atoms with E-state index in [4.69, 9.17) is 9.47 Å². The maximum absolute atomic E-state index is 13.4. The second-order valence-corrected chi connectivity index (χ2v) is 10.3. The molecule has 0 radical (unpaired) electrons. The molecule has 0 spiro atoms. The van der Waals surface area contributed by atoms with Gasteiger partial charge in [-0.05, 0) is 77.2 Å². The summed E-state index contributed by atoms with van der Waals surface area (Å²) in [5.74, 6) is 1.25. The molecule has 2 aliphatic carbocycles. The van der Waals surface area contributed by atoms with E-state index in [1.54, 1.807) is 24.2 Å². The maximum atomic E-state index is 13.4. The predicted octanol–water partition coefficient (Wildman–Crippen LogP) is 3.31. The van der Waals surface area contributed by atoms with Gasteiger partial charge in [0.2, 0.25) is 11.8 Å². The molecule has 2 N–H and O–H groups in total. The van der Waals surface area contributed by atoms with Crippen LogP contribution in [0.3, 0.4) is 0 Å². The number of nitrogens with zero attached hydrogens (tertiary/aromatic N) is 4. The number of carbonyl (C=O) groups excluding carboxylic acids is 2. The molecule has 0 aromatic carbocycles. The number of carbonyl (C=O) groups is 2. The molecule has 34 heavy (non-hydrogen) atoms. The number of methoxy groups -OCH3 is 1. The van der Waals surface area contributed by atoms with Gasteiger partial charge in [-0.3, -0.25) is 9.48 Å². The number of anilines is 1. The van der Waals surface area contributed by atoms with E-state index in [1.165, 1.54) is 0 Å². The molecular weight excluding hydrogens is 436 g/mol. The zero-order valence-corrected chi connectivity index (χ0v) is 20.5. The van der Waals surface area contributed by atoms with E-state index in [-0.39, 0.29) is 11.8 Å². The number of ether oxygens (including phenoxy) is 2. The van der Waals surface area contributed by atoms with Crippen LogP contribution < -0.4 is 15.4 Å². The number of hydrogen-bond acceptors (Lipinski definition) is 7. The van der Waals surface area contributed by atoms with E-state index < -0.39 is 17.7 Å². The maximum Gasteiger partial charge on any atom is 0.408 e. The average molecular weight is 471 g/mol. The van der Waals surface area contributed by atoms with Crippen molar-refractivity contribution >= 4 is 17.7 Å². The van der Waals surface area contributed by atoms with Crippen LogP contribution in [0, 0.1) is 24.7 Å². The second kappa shape index (κ2) is 9.60. The van der Waals surface area contributed by atoms with Gasteiger partial charge in [0.1, 0.15) is 11.6 Å². The van der Waals surface area contributed by atoms with Crippen LogP contribution in [0.4, 0.5) is 10.5 Å². The normalized spacial score (nSPS) is 16.8. The summed E-state index contributed by atoms with van der Waals surface area (Å²) in [6, 6.07) is 1.24. The molecule has 2 saturated carbocycles. The molecule has 0 bridgehead atoms. The summed E-state index contributed by atoms with van der Waals surface area (Å²) in [4.78, 5) is 25.9. The van der Waals surface area contributed by atoms with Gasteiger partial charge in [0.25, 0.3) is 0 Å².